The summed E-state index contributed by atoms with van der Waals surface area (Å²) in [5.74, 6) is 0.908. The number of hydrogen-bond acceptors (Lipinski definition) is 4. The molecule has 1 aromatic rings. The molecule has 2 unspecified atom stereocenters. The highest BCUT2D eigenvalue weighted by molar-refractivity contribution is 5.27. The lowest BCUT2D eigenvalue weighted by Crippen LogP contribution is -2.46. The number of unbranched alkanes of at least 4 members (excludes halogenated alkanes) is 2. The van der Waals surface area contributed by atoms with Gasteiger partial charge < -0.3 is 14.9 Å². The van der Waals surface area contributed by atoms with E-state index in [2.05, 4.69) is 17.0 Å². The summed E-state index contributed by atoms with van der Waals surface area (Å²) in [6, 6.07) is 8.44. The highest BCUT2D eigenvalue weighted by Crippen LogP contribution is 2.18. The number of rotatable bonds is 8. The largest absolute Gasteiger partial charge is 0.497 e. The van der Waals surface area contributed by atoms with Crippen molar-refractivity contribution in [3.63, 3.8) is 0 Å². The lowest BCUT2D eigenvalue weighted by atomic mass is 9.99. The van der Waals surface area contributed by atoms with Crippen LogP contribution in [0.4, 0.5) is 0 Å². The molecule has 1 aromatic carbocycles. The number of hydrogen-bond donors (Lipinski definition) is 2. The molecule has 1 aliphatic heterocycles. The number of benzene rings is 1. The van der Waals surface area contributed by atoms with Crippen LogP contribution >= 0.6 is 0 Å². The first kappa shape index (κ1) is 17.3. The topological polar surface area (TPSA) is 52.9 Å². The Hall–Kier alpha value is -1.10. The summed E-state index contributed by atoms with van der Waals surface area (Å²) >= 11 is 0. The van der Waals surface area contributed by atoms with Gasteiger partial charge in [0.2, 0.25) is 0 Å². The molecule has 2 atom stereocenters. The molecule has 2 rings (SSSR count). The van der Waals surface area contributed by atoms with Gasteiger partial charge in [-0.2, -0.15) is 0 Å². The van der Waals surface area contributed by atoms with Crippen molar-refractivity contribution in [3.8, 4) is 5.75 Å². The average molecular weight is 307 g/mol. The molecular formula is C18H29NO3. The predicted molar refractivity (Wildman–Crippen MR) is 88.2 cm³/mol. The van der Waals surface area contributed by atoms with Gasteiger partial charge in [0.15, 0.2) is 0 Å². The first-order valence-electron chi connectivity index (χ1n) is 8.39. The van der Waals surface area contributed by atoms with Gasteiger partial charge in [-0.05, 0) is 56.3 Å². The second-order valence-corrected chi connectivity index (χ2v) is 6.21. The van der Waals surface area contributed by atoms with Crippen molar-refractivity contribution in [1.82, 2.24) is 4.90 Å². The third-order valence-electron chi connectivity index (χ3n) is 4.59. The lowest BCUT2D eigenvalue weighted by Gasteiger charge is -2.36. The SMILES string of the molecule is COc1ccc(CCCCCN2CCC(O)CC2CO)cc1. The van der Waals surface area contributed by atoms with Crippen molar-refractivity contribution in [2.24, 2.45) is 0 Å². The molecule has 0 bridgehead atoms. The first-order valence-corrected chi connectivity index (χ1v) is 8.39. The van der Waals surface area contributed by atoms with E-state index in [9.17, 15) is 10.2 Å². The normalized spacial score (nSPS) is 22.7. The smallest absolute Gasteiger partial charge is 0.118 e. The summed E-state index contributed by atoms with van der Waals surface area (Å²) in [6.07, 6.45) is 5.96. The van der Waals surface area contributed by atoms with E-state index in [0.717, 1.165) is 38.1 Å². The Morgan fingerprint density at radius 2 is 1.95 bits per heavy atom. The van der Waals surface area contributed by atoms with Gasteiger partial charge >= 0.3 is 0 Å². The maximum Gasteiger partial charge on any atom is 0.118 e. The second-order valence-electron chi connectivity index (χ2n) is 6.21. The van der Waals surface area contributed by atoms with Gasteiger partial charge in [0.25, 0.3) is 0 Å². The van der Waals surface area contributed by atoms with Crippen molar-refractivity contribution in [1.29, 1.82) is 0 Å². The predicted octanol–water partition coefficient (Wildman–Crippen LogP) is 2.23. The summed E-state index contributed by atoms with van der Waals surface area (Å²) in [4.78, 5) is 2.33. The standard InChI is InChI=1S/C18H29NO3/c1-22-18-8-6-15(7-9-18)5-3-2-4-11-19-12-10-17(21)13-16(19)14-20/h6-9,16-17,20-21H,2-5,10-14H2,1H3. The van der Waals surface area contributed by atoms with E-state index in [0.29, 0.717) is 6.42 Å². The molecule has 0 spiro atoms. The summed E-state index contributed by atoms with van der Waals surface area (Å²) in [6.45, 7) is 2.09. The fraction of sp³-hybridized carbons (Fsp3) is 0.667. The zero-order valence-corrected chi connectivity index (χ0v) is 13.6. The number of methoxy groups -OCH3 is 1. The van der Waals surface area contributed by atoms with Gasteiger partial charge in [-0.15, -0.1) is 0 Å². The number of aliphatic hydroxyl groups is 2. The zero-order chi connectivity index (χ0) is 15.8. The molecule has 1 heterocycles. The molecule has 22 heavy (non-hydrogen) atoms. The minimum absolute atomic E-state index is 0.144. The van der Waals surface area contributed by atoms with Crippen LogP contribution in [0.25, 0.3) is 0 Å². The van der Waals surface area contributed by atoms with E-state index >= 15 is 0 Å². The monoisotopic (exact) mass is 307 g/mol. The van der Waals surface area contributed by atoms with Crippen molar-refractivity contribution < 1.29 is 14.9 Å². The van der Waals surface area contributed by atoms with Crippen molar-refractivity contribution >= 4 is 0 Å². The second kappa shape index (κ2) is 9.13. The van der Waals surface area contributed by atoms with Gasteiger partial charge in [-0.1, -0.05) is 18.6 Å². The van der Waals surface area contributed by atoms with Crippen LogP contribution in [0, 0.1) is 0 Å². The summed E-state index contributed by atoms with van der Waals surface area (Å²) in [5, 5.41) is 19.1. The highest BCUT2D eigenvalue weighted by atomic mass is 16.5. The Morgan fingerprint density at radius 3 is 2.64 bits per heavy atom. The fourth-order valence-electron chi connectivity index (χ4n) is 3.18. The third-order valence-corrected chi connectivity index (χ3v) is 4.59. The maximum absolute atomic E-state index is 9.65. The number of nitrogens with zero attached hydrogens (tertiary/aromatic N) is 1. The quantitative estimate of drug-likeness (QED) is 0.723. The van der Waals surface area contributed by atoms with Gasteiger partial charge in [0.1, 0.15) is 5.75 Å². The van der Waals surface area contributed by atoms with Gasteiger partial charge in [-0.3, -0.25) is 4.90 Å². The number of aryl methyl sites for hydroxylation is 1. The van der Waals surface area contributed by atoms with Gasteiger partial charge in [-0.25, -0.2) is 0 Å². The van der Waals surface area contributed by atoms with E-state index in [1.165, 1.54) is 18.4 Å². The van der Waals surface area contributed by atoms with Crippen LogP contribution in [0.3, 0.4) is 0 Å². The molecule has 124 valence electrons. The minimum atomic E-state index is -0.233. The van der Waals surface area contributed by atoms with Crippen LogP contribution in [0.1, 0.15) is 37.7 Å². The van der Waals surface area contributed by atoms with Crippen LogP contribution in [0.15, 0.2) is 24.3 Å². The van der Waals surface area contributed by atoms with Crippen LogP contribution < -0.4 is 4.74 Å². The number of ether oxygens (including phenoxy) is 1. The van der Waals surface area contributed by atoms with Gasteiger partial charge in [0.05, 0.1) is 19.8 Å². The molecule has 0 saturated carbocycles. The molecule has 2 N–H and O–H groups in total. The molecule has 0 aliphatic carbocycles. The van der Waals surface area contributed by atoms with Crippen LogP contribution in [-0.2, 0) is 6.42 Å². The van der Waals surface area contributed by atoms with Crippen molar-refractivity contribution in [2.45, 2.75) is 50.7 Å². The van der Waals surface area contributed by atoms with Crippen LogP contribution in [0.2, 0.25) is 0 Å². The third kappa shape index (κ3) is 5.27. The Bertz CT molecular complexity index is 421. The average Bonchev–Trinajstić information content (AvgIpc) is 2.56. The number of aliphatic hydroxyl groups excluding tert-OH is 2. The fourth-order valence-corrected chi connectivity index (χ4v) is 3.18. The molecule has 1 fully saturated rings. The van der Waals surface area contributed by atoms with Crippen LogP contribution in [0.5, 0.6) is 5.75 Å². The first-order chi connectivity index (χ1) is 10.7. The Morgan fingerprint density at radius 1 is 1.18 bits per heavy atom. The molecular weight excluding hydrogens is 278 g/mol. The Labute approximate surface area is 133 Å². The molecule has 1 saturated heterocycles. The molecule has 0 amide bonds. The summed E-state index contributed by atoms with van der Waals surface area (Å²) in [5.41, 5.74) is 1.36. The molecule has 1 aliphatic rings. The van der Waals surface area contributed by atoms with E-state index in [-0.39, 0.29) is 18.8 Å². The Balaban J connectivity index is 1.62. The minimum Gasteiger partial charge on any atom is -0.497 e. The van der Waals surface area contributed by atoms with E-state index in [1.807, 2.05) is 12.1 Å². The molecule has 0 radical (unpaired) electrons. The highest BCUT2D eigenvalue weighted by Gasteiger charge is 2.25. The summed E-state index contributed by atoms with van der Waals surface area (Å²) < 4.78 is 5.16. The number of piperidine rings is 1. The molecule has 0 aromatic heterocycles. The van der Waals surface area contributed by atoms with Crippen molar-refractivity contribution in [2.75, 3.05) is 26.8 Å². The zero-order valence-electron chi connectivity index (χ0n) is 13.6. The summed E-state index contributed by atoms with van der Waals surface area (Å²) in [7, 11) is 1.69. The van der Waals surface area contributed by atoms with Gasteiger partial charge in [0, 0.05) is 12.6 Å². The number of likely N-dealkylation sites (tertiary alicyclic amines) is 1. The van der Waals surface area contributed by atoms with Crippen LogP contribution in [-0.4, -0.2) is 54.1 Å². The molecule has 4 nitrogen and oxygen atoms in total. The van der Waals surface area contributed by atoms with Crippen molar-refractivity contribution in [3.05, 3.63) is 29.8 Å². The maximum atomic E-state index is 9.65. The van der Waals surface area contributed by atoms with E-state index < -0.39 is 0 Å². The lowest BCUT2D eigenvalue weighted by molar-refractivity contribution is 0.0163. The molecule has 4 heteroatoms. The Kier molecular flexibility index (Phi) is 7.16. The van der Waals surface area contributed by atoms with E-state index in [4.69, 9.17) is 4.74 Å². The van der Waals surface area contributed by atoms with E-state index in [1.54, 1.807) is 7.11 Å².